The topological polar surface area (TPSA) is 38.3 Å². The van der Waals surface area contributed by atoms with Crippen LogP contribution in [0.4, 0.5) is 14.5 Å². The number of benzene rings is 2. The van der Waals surface area contributed by atoms with Gasteiger partial charge in [0, 0.05) is 14.8 Å². The summed E-state index contributed by atoms with van der Waals surface area (Å²) in [5.74, 6) is -0.455. The molecule has 0 aliphatic heterocycles. The first-order valence-corrected chi connectivity index (χ1v) is 7.22. The van der Waals surface area contributed by atoms with Crippen LogP contribution in [0, 0.1) is 3.57 Å². The molecule has 0 radical (unpaired) electrons. The number of carbonyl (C=O) groups is 1. The third kappa shape index (κ3) is 4.53. The second kappa shape index (κ2) is 7.04. The van der Waals surface area contributed by atoms with Gasteiger partial charge in [0.1, 0.15) is 5.75 Å². The fraction of sp³-hybridized carbons (Fsp3) is 0.0714. The van der Waals surface area contributed by atoms with E-state index in [0.717, 1.165) is 3.57 Å². The minimum Gasteiger partial charge on any atom is -0.433 e. The molecule has 7 heteroatoms. The number of alkyl halides is 2. The molecule has 0 bridgehead atoms. The number of hydrogen-bond donors (Lipinski definition) is 1. The minimum absolute atomic E-state index is 0.00397. The zero-order chi connectivity index (χ0) is 15.4. The zero-order valence-corrected chi connectivity index (χ0v) is 13.4. The van der Waals surface area contributed by atoms with E-state index in [1.165, 1.54) is 18.2 Å². The van der Waals surface area contributed by atoms with Gasteiger partial charge < -0.3 is 10.1 Å². The number of anilines is 1. The van der Waals surface area contributed by atoms with Crippen molar-refractivity contribution in [2.45, 2.75) is 6.61 Å². The SMILES string of the molecule is O=C(Nc1ccc(OC(F)F)c(Cl)c1)c1ccc(I)cc1. The summed E-state index contributed by atoms with van der Waals surface area (Å²) in [4.78, 5) is 12.0. The third-order valence-corrected chi connectivity index (χ3v) is 3.53. The van der Waals surface area contributed by atoms with Gasteiger partial charge in [-0.25, -0.2) is 0 Å². The molecule has 1 amide bonds. The predicted molar refractivity (Wildman–Crippen MR) is 85.2 cm³/mol. The van der Waals surface area contributed by atoms with Crippen molar-refractivity contribution >= 4 is 45.8 Å². The molecule has 0 saturated carbocycles. The molecular weight excluding hydrogens is 415 g/mol. The van der Waals surface area contributed by atoms with Crippen LogP contribution in [-0.2, 0) is 0 Å². The minimum atomic E-state index is -2.95. The highest BCUT2D eigenvalue weighted by Crippen LogP contribution is 2.29. The quantitative estimate of drug-likeness (QED) is 0.718. The van der Waals surface area contributed by atoms with Crippen molar-refractivity contribution in [1.82, 2.24) is 0 Å². The normalized spacial score (nSPS) is 10.5. The summed E-state index contributed by atoms with van der Waals surface area (Å²) in [6.07, 6.45) is 0. The van der Waals surface area contributed by atoms with E-state index in [0.29, 0.717) is 11.3 Å². The molecule has 0 fully saturated rings. The number of ether oxygens (including phenoxy) is 1. The maximum absolute atomic E-state index is 12.1. The van der Waals surface area contributed by atoms with E-state index >= 15 is 0 Å². The molecule has 0 aromatic heterocycles. The molecule has 1 N–H and O–H groups in total. The average molecular weight is 424 g/mol. The average Bonchev–Trinajstić information content (AvgIpc) is 2.42. The molecular formula is C14H9ClF2INO2. The zero-order valence-electron chi connectivity index (χ0n) is 10.4. The van der Waals surface area contributed by atoms with E-state index < -0.39 is 6.61 Å². The molecule has 0 aliphatic rings. The predicted octanol–water partition coefficient (Wildman–Crippen LogP) is 4.80. The third-order valence-electron chi connectivity index (χ3n) is 2.51. The standard InChI is InChI=1S/C14H9ClF2INO2/c15-11-7-10(5-6-12(11)21-14(16)17)19-13(20)8-1-3-9(18)4-2-8/h1-7,14H,(H,19,20). The lowest BCUT2D eigenvalue weighted by molar-refractivity contribution is -0.0497. The van der Waals surface area contributed by atoms with E-state index in [9.17, 15) is 13.6 Å². The lowest BCUT2D eigenvalue weighted by atomic mass is 10.2. The van der Waals surface area contributed by atoms with E-state index in [1.54, 1.807) is 12.1 Å². The van der Waals surface area contributed by atoms with Crippen LogP contribution in [0.2, 0.25) is 5.02 Å². The molecule has 0 saturated heterocycles. The summed E-state index contributed by atoms with van der Waals surface area (Å²) in [5, 5.41) is 2.63. The number of hydrogen-bond acceptors (Lipinski definition) is 2. The van der Waals surface area contributed by atoms with Gasteiger partial charge >= 0.3 is 6.61 Å². The summed E-state index contributed by atoms with van der Waals surface area (Å²) < 4.78 is 29.5. The molecule has 2 aromatic carbocycles. The van der Waals surface area contributed by atoms with Crippen molar-refractivity contribution in [2.75, 3.05) is 5.32 Å². The maximum atomic E-state index is 12.1. The van der Waals surface area contributed by atoms with Crippen LogP contribution in [0.15, 0.2) is 42.5 Å². The highest BCUT2D eigenvalue weighted by molar-refractivity contribution is 14.1. The molecule has 0 heterocycles. The van der Waals surface area contributed by atoms with Gasteiger partial charge in [-0.2, -0.15) is 8.78 Å². The first-order valence-electron chi connectivity index (χ1n) is 5.77. The second-order valence-corrected chi connectivity index (χ2v) is 5.64. The maximum Gasteiger partial charge on any atom is 0.387 e. The van der Waals surface area contributed by atoms with Gasteiger partial charge in [0.25, 0.3) is 5.91 Å². The Bertz CT molecular complexity index is 650. The molecule has 0 atom stereocenters. The molecule has 110 valence electrons. The number of nitrogens with one attached hydrogen (secondary N) is 1. The van der Waals surface area contributed by atoms with Gasteiger partial charge in [0.2, 0.25) is 0 Å². The lowest BCUT2D eigenvalue weighted by Gasteiger charge is -2.09. The highest BCUT2D eigenvalue weighted by Gasteiger charge is 2.11. The monoisotopic (exact) mass is 423 g/mol. The molecule has 2 aromatic rings. The van der Waals surface area contributed by atoms with Crippen molar-refractivity contribution < 1.29 is 18.3 Å². The lowest BCUT2D eigenvalue weighted by Crippen LogP contribution is -2.12. The summed E-state index contributed by atoms with van der Waals surface area (Å²) in [7, 11) is 0. The van der Waals surface area contributed by atoms with Crippen molar-refractivity contribution in [3.05, 3.63) is 56.6 Å². The summed E-state index contributed by atoms with van der Waals surface area (Å²) in [5.41, 5.74) is 0.879. The fourth-order valence-corrected chi connectivity index (χ4v) is 2.16. The Morgan fingerprint density at radius 1 is 1.19 bits per heavy atom. The Labute approximate surface area is 138 Å². The second-order valence-electron chi connectivity index (χ2n) is 3.98. The fourth-order valence-electron chi connectivity index (χ4n) is 1.57. The summed E-state index contributed by atoms with van der Waals surface area (Å²) in [6.45, 7) is -2.95. The molecule has 3 nitrogen and oxygen atoms in total. The smallest absolute Gasteiger partial charge is 0.387 e. The van der Waals surface area contributed by atoms with Crippen molar-refractivity contribution in [3.8, 4) is 5.75 Å². The van der Waals surface area contributed by atoms with Crippen LogP contribution in [0.25, 0.3) is 0 Å². The van der Waals surface area contributed by atoms with Gasteiger partial charge in [0.15, 0.2) is 0 Å². The van der Waals surface area contributed by atoms with E-state index in [-0.39, 0.29) is 16.7 Å². The van der Waals surface area contributed by atoms with Gasteiger partial charge in [-0.1, -0.05) is 11.6 Å². The van der Waals surface area contributed by atoms with E-state index in [1.807, 2.05) is 12.1 Å². The molecule has 21 heavy (non-hydrogen) atoms. The number of halogens is 4. The van der Waals surface area contributed by atoms with Crippen LogP contribution in [0.1, 0.15) is 10.4 Å². The van der Waals surface area contributed by atoms with Gasteiger partial charge in [-0.15, -0.1) is 0 Å². The van der Waals surface area contributed by atoms with Crippen LogP contribution in [0.3, 0.4) is 0 Å². The molecule has 0 unspecified atom stereocenters. The van der Waals surface area contributed by atoms with Crippen LogP contribution < -0.4 is 10.1 Å². The first kappa shape index (κ1) is 16.0. The van der Waals surface area contributed by atoms with Gasteiger partial charge in [0.05, 0.1) is 5.02 Å². The Hall–Kier alpha value is -1.41. The molecule has 2 rings (SSSR count). The van der Waals surface area contributed by atoms with Crippen LogP contribution >= 0.6 is 34.2 Å². The Morgan fingerprint density at radius 3 is 2.43 bits per heavy atom. The van der Waals surface area contributed by atoms with Crippen LogP contribution in [0.5, 0.6) is 5.75 Å². The van der Waals surface area contributed by atoms with Gasteiger partial charge in [-0.05, 0) is 65.1 Å². The number of carbonyl (C=O) groups excluding carboxylic acids is 1. The van der Waals surface area contributed by atoms with Crippen molar-refractivity contribution in [1.29, 1.82) is 0 Å². The number of amides is 1. The first-order chi connectivity index (χ1) is 9.95. The number of rotatable bonds is 4. The Kier molecular flexibility index (Phi) is 5.35. The molecule has 0 aliphatic carbocycles. The highest BCUT2D eigenvalue weighted by atomic mass is 127. The van der Waals surface area contributed by atoms with Crippen molar-refractivity contribution in [3.63, 3.8) is 0 Å². The largest absolute Gasteiger partial charge is 0.433 e. The summed E-state index contributed by atoms with van der Waals surface area (Å²) in [6, 6.07) is 11.1. The molecule has 0 spiro atoms. The van der Waals surface area contributed by atoms with E-state index in [4.69, 9.17) is 11.6 Å². The Morgan fingerprint density at radius 2 is 1.86 bits per heavy atom. The Balaban J connectivity index is 2.11. The summed E-state index contributed by atoms with van der Waals surface area (Å²) >= 11 is 7.95. The van der Waals surface area contributed by atoms with Gasteiger partial charge in [-0.3, -0.25) is 4.79 Å². The van der Waals surface area contributed by atoms with Crippen molar-refractivity contribution in [2.24, 2.45) is 0 Å². The van der Waals surface area contributed by atoms with E-state index in [2.05, 4.69) is 32.6 Å². The van der Waals surface area contributed by atoms with Crippen LogP contribution in [-0.4, -0.2) is 12.5 Å².